The number of nitrogens with zero attached hydrogens (tertiary/aromatic N) is 8. The first-order valence-corrected chi connectivity index (χ1v) is 28.8. The van der Waals surface area contributed by atoms with Crippen molar-refractivity contribution in [3.63, 3.8) is 0 Å². The molecule has 8 aromatic rings. The first-order chi connectivity index (χ1) is 37.6. The van der Waals surface area contributed by atoms with Gasteiger partial charge in [0.15, 0.2) is 5.69 Å². The van der Waals surface area contributed by atoms with Gasteiger partial charge in [-0.1, -0.05) is 78.1 Å². The zero-order valence-corrected chi connectivity index (χ0v) is 44.9. The second-order valence-corrected chi connectivity index (χ2v) is 23.2. The standard InChI is InChI=1S/C56H58N14O4S3/c1-32(43-19-18-42-46(57)49(77-53(42)63-43)52(73)62-38-14-12-37-27-41(17-13-36(37)26-38)69-29-39-15-16-40(30-69)61-39)60-50(71)35-20-23-68(24-21-35)25-22-58-51(72)45-28-59-55(76-45)66-65-48-47(34-10-6-3-7-11-34)67-70(54(48)74)56-64-44(31-75-56)33-8-4-2-5-9-33/h2-11,13,17-19,27-28,31-32,35,38-40,61,67H,12,14-16,20-26,29-30,57H2,1H3,(H,58,72)(H,60,71)(H,62,73)/t32?,38-,39-,40+/m0/s1. The number of thiazole rings is 2. The molecule has 18 nitrogen and oxygen atoms in total. The van der Waals surface area contributed by atoms with Crippen molar-refractivity contribution in [3.8, 4) is 27.6 Å². The van der Waals surface area contributed by atoms with Gasteiger partial charge in [0.05, 0.1) is 35.0 Å². The number of H-pyrrole nitrogens is 1. The first-order valence-electron chi connectivity index (χ1n) is 26.3. The zero-order valence-electron chi connectivity index (χ0n) is 42.4. The lowest BCUT2D eigenvalue weighted by Gasteiger charge is -2.35. The van der Waals surface area contributed by atoms with E-state index >= 15 is 0 Å². The number of amides is 3. The van der Waals surface area contributed by atoms with Gasteiger partial charge in [0.1, 0.15) is 14.6 Å². The number of aryl methyl sites for hydroxylation is 1. The van der Waals surface area contributed by atoms with Gasteiger partial charge in [0.25, 0.3) is 11.8 Å². The van der Waals surface area contributed by atoms with Crippen LogP contribution in [0.5, 0.6) is 0 Å². The maximum Gasteiger partial charge on any atom is 0.301 e. The number of hydrogen-bond acceptors (Lipinski definition) is 16. The Hall–Kier alpha value is -7.43. The Morgan fingerprint density at radius 1 is 0.857 bits per heavy atom. The van der Waals surface area contributed by atoms with E-state index in [1.165, 1.54) is 63.2 Å². The molecule has 2 bridgehead atoms. The minimum atomic E-state index is -0.420. The second-order valence-electron chi connectivity index (χ2n) is 20.4. The van der Waals surface area contributed by atoms with Crippen LogP contribution in [0.4, 0.5) is 22.2 Å². The van der Waals surface area contributed by atoms with Crippen LogP contribution < -0.4 is 37.5 Å². The van der Waals surface area contributed by atoms with E-state index < -0.39 is 5.56 Å². The number of benzene rings is 3. The van der Waals surface area contributed by atoms with Crippen LogP contribution in [-0.2, 0) is 17.6 Å². The molecule has 3 saturated heterocycles. The Morgan fingerprint density at radius 3 is 2.40 bits per heavy atom. The van der Waals surface area contributed by atoms with Crippen LogP contribution in [0, 0.1) is 5.92 Å². The van der Waals surface area contributed by atoms with Crippen molar-refractivity contribution in [3.05, 3.63) is 140 Å². The summed E-state index contributed by atoms with van der Waals surface area (Å²) in [6, 6.07) is 30.6. The molecule has 394 valence electrons. The van der Waals surface area contributed by atoms with Crippen molar-refractivity contribution in [1.29, 1.82) is 0 Å². The Bertz CT molecular complexity index is 3550. The summed E-state index contributed by atoms with van der Waals surface area (Å²) in [5, 5.41) is 28.3. The number of anilines is 2. The third-order valence-electron chi connectivity index (χ3n) is 15.3. The van der Waals surface area contributed by atoms with Gasteiger partial charge in [-0.3, -0.25) is 24.3 Å². The number of nitrogens with one attached hydrogen (secondary N) is 5. The number of rotatable bonds is 15. The first kappa shape index (κ1) is 50.4. The molecule has 4 atom stereocenters. The summed E-state index contributed by atoms with van der Waals surface area (Å²) in [6.45, 7) is 6.51. The normalized spacial score (nSPS) is 19.1. The second kappa shape index (κ2) is 21.9. The van der Waals surface area contributed by atoms with Crippen LogP contribution in [-0.4, -0.2) is 105 Å². The molecule has 7 N–H and O–H groups in total. The maximum atomic E-state index is 13.8. The van der Waals surface area contributed by atoms with Gasteiger partial charge in [-0.2, -0.15) is 4.68 Å². The summed E-state index contributed by atoms with van der Waals surface area (Å²) in [4.78, 5) is 74.4. The number of thiophene rings is 1. The summed E-state index contributed by atoms with van der Waals surface area (Å²) in [7, 11) is 0. The number of hydrogen-bond donors (Lipinski definition) is 6. The van der Waals surface area contributed by atoms with Crippen LogP contribution in [0.25, 0.3) is 37.9 Å². The monoisotopic (exact) mass is 1090 g/mol. The summed E-state index contributed by atoms with van der Waals surface area (Å²) >= 11 is 3.70. The quantitative estimate of drug-likeness (QED) is 0.0532. The Morgan fingerprint density at radius 2 is 1.62 bits per heavy atom. The number of nitrogen functional groups attached to an aromatic ring is 1. The molecular formula is C56H58N14O4S3. The number of piperazine rings is 1. The summed E-state index contributed by atoms with van der Waals surface area (Å²) in [6.07, 6.45) is 7.92. The number of fused-ring (bicyclic) bond motifs is 4. The number of carbonyl (C=O) groups is 3. The number of pyridine rings is 1. The smallest absolute Gasteiger partial charge is 0.301 e. The van der Waals surface area contributed by atoms with E-state index in [0.717, 1.165) is 65.9 Å². The molecule has 1 aliphatic carbocycles. The van der Waals surface area contributed by atoms with Gasteiger partial charge in [0.2, 0.25) is 16.2 Å². The van der Waals surface area contributed by atoms with Crippen molar-refractivity contribution in [2.45, 2.75) is 76.0 Å². The third-order valence-corrected chi connectivity index (χ3v) is 18.1. The third kappa shape index (κ3) is 10.8. The molecule has 3 fully saturated rings. The fraction of sp³-hybridized carbons (Fsp3) is 0.339. The minimum Gasteiger partial charge on any atom is -0.397 e. The molecule has 0 radical (unpaired) electrons. The van der Waals surface area contributed by atoms with Crippen LogP contribution >= 0.6 is 34.0 Å². The van der Waals surface area contributed by atoms with E-state index in [0.29, 0.717) is 87.9 Å². The highest BCUT2D eigenvalue weighted by Crippen LogP contribution is 2.36. The van der Waals surface area contributed by atoms with Crippen molar-refractivity contribution in [2.24, 2.45) is 16.1 Å². The fourth-order valence-electron chi connectivity index (χ4n) is 11.1. The van der Waals surface area contributed by atoms with Crippen LogP contribution in [0.15, 0.2) is 118 Å². The highest BCUT2D eigenvalue weighted by Gasteiger charge is 2.33. The SMILES string of the molecule is CC(NC(=O)C1CCN(CCNC(=O)c2cnc(N=Nc3c(-c4ccccc4)[nH]n(-c4nc(-c5ccccc5)cs4)c3=O)s2)CC1)c1ccc2c(N)c(C(=O)N[C@H]3CCc4cc(N5C[C@H]6CC[C@@H](C5)N6)ccc4C3)sc2n1. The van der Waals surface area contributed by atoms with Gasteiger partial charge in [-0.25, -0.2) is 15.0 Å². The molecule has 5 aromatic heterocycles. The molecule has 1 unspecified atom stereocenters. The molecule has 21 heteroatoms. The Balaban J connectivity index is 0.599. The predicted molar refractivity (Wildman–Crippen MR) is 303 cm³/mol. The largest absolute Gasteiger partial charge is 0.397 e. The number of likely N-dealkylation sites (tertiary alicyclic amines) is 1. The topological polar surface area (TPSA) is 233 Å². The van der Waals surface area contributed by atoms with Crippen molar-refractivity contribution >= 4 is 84.1 Å². The van der Waals surface area contributed by atoms with Gasteiger partial charge < -0.3 is 36.8 Å². The fourth-order valence-corrected chi connectivity index (χ4v) is 13.5. The molecule has 77 heavy (non-hydrogen) atoms. The van der Waals surface area contributed by atoms with E-state index in [1.54, 1.807) is 0 Å². The molecule has 3 amide bonds. The van der Waals surface area contributed by atoms with E-state index in [2.05, 4.69) is 69.6 Å². The lowest BCUT2D eigenvalue weighted by Crippen LogP contribution is -2.51. The van der Waals surface area contributed by atoms with Crippen molar-refractivity contribution in [1.82, 2.24) is 50.9 Å². The molecule has 8 heterocycles. The molecule has 3 aromatic carbocycles. The van der Waals surface area contributed by atoms with Gasteiger partial charge >= 0.3 is 5.56 Å². The van der Waals surface area contributed by atoms with Crippen LogP contribution in [0.2, 0.25) is 0 Å². The van der Waals surface area contributed by atoms with E-state index in [4.69, 9.17) is 15.7 Å². The molecule has 0 saturated carbocycles. The number of nitrogens with two attached hydrogens (primary N) is 1. The van der Waals surface area contributed by atoms with Gasteiger partial charge in [-0.15, -0.1) is 32.9 Å². The lowest BCUT2D eigenvalue weighted by molar-refractivity contribution is -0.127. The highest BCUT2D eigenvalue weighted by molar-refractivity contribution is 7.21. The maximum absolute atomic E-state index is 13.8. The van der Waals surface area contributed by atoms with E-state index in [1.807, 2.05) is 85.1 Å². The average molecular weight is 1090 g/mol. The Labute approximate surface area is 456 Å². The summed E-state index contributed by atoms with van der Waals surface area (Å²) < 4.78 is 1.37. The zero-order chi connectivity index (χ0) is 52.6. The molecular weight excluding hydrogens is 1030 g/mol. The molecule has 0 spiro atoms. The number of azo groups is 1. The van der Waals surface area contributed by atoms with Gasteiger partial charge in [0, 0.05) is 77.8 Å². The lowest BCUT2D eigenvalue weighted by atomic mass is 9.87. The highest BCUT2D eigenvalue weighted by atomic mass is 32.1. The van der Waals surface area contributed by atoms with Crippen LogP contribution in [0.1, 0.15) is 81.2 Å². The van der Waals surface area contributed by atoms with E-state index in [9.17, 15) is 19.2 Å². The predicted octanol–water partition coefficient (Wildman–Crippen LogP) is 8.57. The molecule has 3 aliphatic heterocycles. The molecule has 12 rings (SSSR count). The summed E-state index contributed by atoms with van der Waals surface area (Å²) in [5.41, 5.74) is 14.3. The van der Waals surface area contributed by atoms with Crippen molar-refractivity contribution < 1.29 is 14.4 Å². The average Bonchev–Trinajstić information content (AvgIpc) is 4.35. The van der Waals surface area contributed by atoms with Gasteiger partial charge in [-0.05, 0) is 100 Å². The number of piperidine rings is 1. The summed E-state index contributed by atoms with van der Waals surface area (Å²) in [5.74, 6) is -0.636. The Kier molecular flexibility index (Phi) is 14.3. The minimum absolute atomic E-state index is 0.0182. The van der Waals surface area contributed by atoms with E-state index in [-0.39, 0.29) is 46.5 Å². The number of aromatic amines is 1. The molecule has 4 aliphatic rings. The number of aromatic nitrogens is 5. The number of carbonyl (C=O) groups excluding carboxylic acids is 3. The van der Waals surface area contributed by atoms with Crippen LogP contribution in [0.3, 0.4) is 0 Å². The van der Waals surface area contributed by atoms with Crippen molar-refractivity contribution in [2.75, 3.05) is 49.9 Å².